The number of para-hydroxylation sites is 2. The molecule has 2 aromatic carbocycles. The van der Waals surface area contributed by atoms with E-state index in [1.807, 2.05) is 30.3 Å². The van der Waals surface area contributed by atoms with Crippen LogP contribution < -0.4 is 15.2 Å². The summed E-state index contributed by atoms with van der Waals surface area (Å²) in [4.78, 5) is 22.6. The van der Waals surface area contributed by atoms with Crippen LogP contribution >= 0.6 is 0 Å². The van der Waals surface area contributed by atoms with Crippen LogP contribution in [0, 0.1) is 0 Å². The molecule has 170 valence electrons. The molecular weight excluding hydrogens is 424 g/mol. The predicted molar refractivity (Wildman–Crippen MR) is 123 cm³/mol. The summed E-state index contributed by atoms with van der Waals surface area (Å²) in [5, 5.41) is 0. The van der Waals surface area contributed by atoms with E-state index in [1.165, 1.54) is 0 Å². The number of carbonyl (C=O) groups excluding carboxylic acids is 1. The molecule has 3 heterocycles. The van der Waals surface area contributed by atoms with Gasteiger partial charge >= 0.3 is 5.97 Å². The van der Waals surface area contributed by atoms with Crippen molar-refractivity contribution < 1.29 is 23.7 Å². The number of nitrogen functional groups attached to an aromatic ring is 1. The van der Waals surface area contributed by atoms with Gasteiger partial charge in [-0.25, -0.2) is 14.8 Å². The number of benzene rings is 2. The van der Waals surface area contributed by atoms with Gasteiger partial charge in [0.25, 0.3) is 0 Å². The van der Waals surface area contributed by atoms with Gasteiger partial charge in [0.2, 0.25) is 0 Å². The number of aromatic nitrogens is 3. The van der Waals surface area contributed by atoms with E-state index in [9.17, 15) is 4.79 Å². The van der Waals surface area contributed by atoms with Crippen LogP contribution in [0.2, 0.25) is 0 Å². The van der Waals surface area contributed by atoms with Crippen molar-refractivity contribution in [2.24, 2.45) is 0 Å². The van der Waals surface area contributed by atoms with Gasteiger partial charge in [0.05, 0.1) is 37.0 Å². The number of rotatable bonds is 6. The molecule has 0 unspecified atom stereocenters. The van der Waals surface area contributed by atoms with Crippen molar-refractivity contribution >= 4 is 34.0 Å². The zero-order valence-electron chi connectivity index (χ0n) is 18.4. The molecule has 9 nitrogen and oxygen atoms in total. The van der Waals surface area contributed by atoms with Crippen LogP contribution in [0.5, 0.6) is 11.5 Å². The highest BCUT2D eigenvalue weighted by molar-refractivity contribution is 6.09. The van der Waals surface area contributed by atoms with Gasteiger partial charge in [0.15, 0.2) is 17.1 Å². The zero-order valence-corrected chi connectivity index (χ0v) is 18.4. The summed E-state index contributed by atoms with van der Waals surface area (Å²) in [5.41, 5.74) is 9.52. The van der Waals surface area contributed by atoms with Crippen molar-refractivity contribution in [2.45, 2.75) is 18.9 Å². The molecule has 4 aromatic rings. The third-order valence-corrected chi connectivity index (χ3v) is 5.75. The largest absolute Gasteiger partial charge is 0.493 e. The van der Waals surface area contributed by atoms with E-state index < -0.39 is 5.97 Å². The molecular formula is C24H24N4O5. The summed E-state index contributed by atoms with van der Waals surface area (Å²) in [6.45, 7) is 0.850. The molecule has 0 bridgehead atoms. The van der Waals surface area contributed by atoms with Crippen LogP contribution in [0.25, 0.3) is 27.9 Å². The number of nitrogens with zero attached hydrogens (tertiary/aromatic N) is 3. The van der Waals surface area contributed by atoms with Crippen molar-refractivity contribution in [1.82, 2.24) is 14.5 Å². The maximum Gasteiger partial charge on any atom is 0.344 e. The molecule has 2 N–H and O–H groups in total. The molecule has 1 fully saturated rings. The van der Waals surface area contributed by atoms with Gasteiger partial charge in [-0.05, 0) is 37.1 Å². The van der Waals surface area contributed by atoms with Gasteiger partial charge in [0, 0.05) is 12.7 Å². The molecule has 1 saturated heterocycles. The fourth-order valence-electron chi connectivity index (χ4n) is 4.10. The quantitative estimate of drug-likeness (QED) is 0.446. The number of hydrogen-bond donors (Lipinski definition) is 1. The Balaban J connectivity index is 1.67. The van der Waals surface area contributed by atoms with Crippen molar-refractivity contribution in [2.75, 3.05) is 33.2 Å². The van der Waals surface area contributed by atoms with Gasteiger partial charge in [-0.15, -0.1) is 0 Å². The van der Waals surface area contributed by atoms with Crippen molar-refractivity contribution in [3.05, 3.63) is 48.0 Å². The summed E-state index contributed by atoms with van der Waals surface area (Å²) in [7, 11) is 3.12. The SMILES string of the molecule is COc1ccc(-n2c(N)c(C(=O)OC[C@H]3CCCO3)c3nc4ccccc4nc32)cc1OC. The molecule has 2 aromatic heterocycles. The van der Waals surface area contributed by atoms with E-state index in [-0.39, 0.29) is 24.1 Å². The molecule has 9 heteroatoms. The minimum atomic E-state index is -0.559. The first-order valence-corrected chi connectivity index (χ1v) is 10.7. The van der Waals surface area contributed by atoms with E-state index in [2.05, 4.69) is 0 Å². The first kappa shape index (κ1) is 21.0. The van der Waals surface area contributed by atoms with Crippen LogP contribution in [0.4, 0.5) is 5.82 Å². The van der Waals surface area contributed by atoms with Crippen LogP contribution in [-0.4, -0.2) is 54.0 Å². The molecule has 33 heavy (non-hydrogen) atoms. The zero-order chi connectivity index (χ0) is 22.9. The number of anilines is 1. The normalized spacial score (nSPS) is 15.8. The smallest absolute Gasteiger partial charge is 0.344 e. The number of esters is 1. The first-order chi connectivity index (χ1) is 16.1. The second-order valence-electron chi connectivity index (χ2n) is 7.75. The van der Waals surface area contributed by atoms with Crippen molar-refractivity contribution in [3.8, 4) is 17.2 Å². The van der Waals surface area contributed by atoms with Gasteiger partial charge in [-0.2, -0.15) is 0 Å². The van der Waals surface area contributed by atoms with E-state index in [0.717, 1.165) is 12.8 Å². The number of carbonyl (C=O) groups is 1. The van der Waals surface area contributed by atoms with Crippen LogP contribution in [0.3, 0.4) is 0 Å². The fourth-order valence-corrected chi connectivity index (χ4v) is 4.10. The summed E-state index contributed by atoms with van der Waals surface area (Å²) in [5.74, 6) is 0.721. The number of ether oxygens (including phenoxy) is 4. The minimum absolute atomic E-state index is 0.0960. The number of methoxy groups -OCH3 is 2. The Kier molecular flexibility index (Phi) is 5.47. The fraction of sp³-hybridized carbons (Fsp3) is 0.292. The topological polar surface area (TPSA) is 111 Å². The van der Waals surface area contributed by atoms with Crippen LogP contribution in [0.15, 0.2) is 42.5 Å². The predicted octanol–water partition coefficient (Wildman–Crippen LogP) is 3.51. The van der Waals surface area contributed by atoms with E-state index in [1.54, 1.807) is 30.9 Å². The second kappa shape index (κ2) is 8.59. The molecule has 1 atom stereocenters. The lowest BCUT2D eigenvalue weighted by atomic mass is 10.2. The Morgan fingerprint density at radius 2 is 1.88 bits per heavy atom. The van der Waals surface area contributed by atoms with Gasteiger partial charge in [-0.1, -0.05) is 12.1 Å². The maximum absolute atomic E-state index is 13.2. The lowest BCUT2D eigenvalue weighted by Gasteiger charge is -2.12. The summed E-state index contributed by atoms with van der Waals surface area (Å²) in [6.07, 6.45) is 1.72. The van der Waals surface area contributed by atoms with E-state index >= 15 is 0 Å². The summed E-state index contributed by atoms with van der Waals surface area (Å²) >= 11 is 0. The van der Waals surface area contributed by atoms with Gasteiger partial charge < -0.3 is 24.7 Å². The van der Waals surface area contributed by atoms with E-state index in [0.29, 0.717) is 46.0 Å². The second-order valence-corrected chi connectivity index (χ2v) is 7.75. The summed E-state index contributed by atoms with van der Waals surface area (Å²) < 4.78 is 23.6. The highest BCUT2D eigenvalue weighted by atomic mass is 16.6. The lowest BCUT2D eigenvalue weighted by Crippen LogP contribution is -2.18. The highest BCUT2D eigenvalue weighted by Crippen LogP contribution is 2.35. The molecule has 0 saturated carbocycles. The standard InChI is InChI=1S/C24H24N4O5/c1-30-18-10-9-14(12-19(18)31-2)28-22(25)20(24(29)33-13-15-6-5-11-32-15)21-23(28)27-17-8-4-3-7-16(17)26-21/h3-4,7-10,12,15H,5-6,11,13,25H2,1-2H3/t15-/m1/s1. The van der Waals surface area contributed by atoms with Crippen LogP contribution in [0.1, 0.15) is 23.2 Å². The van der Waals surface area contributed by atoms with Crippen LogP contribution in [-0.2, 0) is 9.47 Å². The number of fused-ring (bicyclic) bond motifs is 2. The third kappa shape index (κ3) is 3.70. The Bertz CT molecular complexity index is 1340. The lowest BCUT2D eigenvalue weighted by molar-refractivity contribution is 0.0163. The van der Waals surface area contributed by atoms with Gasteiger partial charge in [0.1, 0.15) is 23.5 Å². The Morgan fingerprint density at radius 3 is 2.58 bits per heavy atom. The van der Waals surface area contributed by atoms with Crippen molar-refractivity contribution in [1.29, 1.82) is 0 Å². The first-order valence-electron chi connectivity index (χ1n) is 10.7. The van der Waals surface area contributed by atoms with Gasteiger partial charge in [-0.3, -0.25) is 4.57 Å². The molecule has 0 spiro atoms. The molecule has 1 aliphatic rings. The third-order valence-electron chi connectivity index (χ3n) is 5.75. The number of nitrogens with two attached hydrogens (primary N) is 1. The number of hydrogen-bond acceptors (Lipinski definition) is 8. The molecule has 5 rings (SSSR count). The Labute approximate surface area is 190 Å². The van der Waals surface area contributed by atoms with Crippen molar-refractivity contribution in [3.63, 3.8) is 0 Å². The average molecular weight is 448 g/mol. The molecule has 1 aliphatic heterocycles. The summed E-state index contributed by atoms with van der Waals surface area (Å²) in [6, 6.07) is 12.8. The van der Waals surface area contributed by atoms with E-state index in [4.69, 9.17) is 34.6 Å². The molecule has 0 radical (unpaired) electrons. The molecule has 0 aliphatic carbocycles. The highest BCUT2D eigenvalue weighted by Gasteiger charge is 2.27. The minimum Gasteiger partial charge on any atom is -0.493 e. The average Bonchev–Trinajstić information content (AvgIpc) is 3.46. The molecule has 0 amide bonds. The maximum atomic E-state index is 13.2. The monoisotopic (exact) mass is 448 g/mol. The Morgan fingerprint density at radius 1 is 1.12 bits per heavy atom. The Hall–Kier alpha value is -3.85.